The molecule has 0 amide bonds. The largest absolute Gasteiger partial charge is 0.494 e. The van der Waals surface area contributed by atoms with Crippen LogP contribution in [0.15, 0.2) is 72.8 Å². The Morgan fingerprint density at radius 1 is 0.441 bits per heavy atom. The second-order valence-electron chi connectivity index (χ2n) is 8.24. The van der Waals surface area contributed by atoms with Gasteiger partial charge in [-0.1, -0.05) is 63.2 Å². The van der Waals surface area contributed by atoms with E-state index in [2.05, 4.69) is 37.5 Å². The maximum absolute atomic E-state index is 5.76. The van der Waals surface area contributed by atoms with Crippen molar-refractivity contribution >= 4 is 0 Å². The minimum absolute atomic E-state index is 0.771. The summed E-state index contributed by atoms with van der Waals surface area (Å²) in [6.45, 7) is 5.93. The molecule has 0 N–H and O–H groups in total. The van der Waals surface area contributed by atoms with Crippen LogP contribution in [0.4, 0.5) is 0 Å². The summed E-state index contributed by atoms with van der Waals surface area (Å²) in [6, 6.07) is 24.0. The predicted molar refractivity (Wildman–Crippen MR) is 141 cm³/mol. The fourth-order valence-electron chi connectivity index (χ4n) is 3.28. The second kappa shape index (κ2) is 14.5. The number of hydrogen-bond donors (Lipinski definition) is 0. The van der Waals surface area contributed by atoms with E-state index in [0.29, 0.717) is 0 Å². The molecule has 174 valence electrons. The van der Waals surface area contributed by atoms with Crippen molar-refractivity contribution in [3.63, 3.8) is 0 Å². The van der Waals surface area contributed by atoms with Gasteiger partial charge in [0.2, 0.25) is 0 Å². The van der Waals surface area contributed by atoms with Crippen LogP contribution < -0.4 is 9.47 Å². The number of ether oxygens (including phenoxy) is 2. The van der Waals surface area contributed by atoms with Crippen LogP contribution in [0.2, 0.25) is 0 Å². The van der Waals surface area contributed by atoms with E-state index >= 15 is 0 Å². The molecule has 0 radical (unpaired) electrons. The van der Waals surface area contributed by atoms with E-state index in [1.54, 1.807) is 0 Å². The van der Waals surface area contributed by atoms with E-state index in [4.69, 9.17) is 9.47 Å². The highest BCUT2D eigenvalue weighted by molar-refractivity contribution is 5.48. The van der Waals surface area contributed by atoms with Crippen molar-refractivity contribution in [2.45, 2.75) is 52.4 Å². The van der Waals surface area contributed by atoms with E-state index in [1.165, 1.54) is 25.7 Å². The summed E-state index contributed by atoms with van der Waals surface area (Å²) in [5.41, 5.74) is 3.88. The molecule has 0 bridgehead atoms. The van der Waals surface area contributed by atoms with Crippen molar-refractivity contribution in [2.75, 3.05) is 13.2 Å². The van der Waals surface area contributed by atoms with Crippen molar-refractivity contribution in [3.8, 4) is 35.2 Å². The fourth-order valence-corrected chi connectivity index (χ4v) is 3.28. The molecule has 0 heterocycles. The van der Waals surface area contributed by atoms with Crippen LogP contribution in [-0.4, -0.2) is 13.2 Å². The normalized spacial score (nSPS) is 9.94. The molecule has 3 aromatic carbocycles. The van der Waals surface area contributed by atoms with Gasteiger partial charge in [-0.05, 0) is 85.6 Å². The van der Waals surface area contributed by atoms with Gasteiger partial charge in [-0.3, -0.25) is 0 Å². The Labute approximate surface area is 205 Å². The monoisotopic (exact) mass is 450 g/mol. The zero-order chi connectivity index (χ0) is 23.8. The lowest BCUT2D eigenvalue weighted by atomic mass is 10.1. The summed E-state index contributed by atoms with van der Waals surface area (Å²) in [6.07, 6.45) is 7.01. The Hall–Kier alpha value is -3.62. The molecule has 0 aliphatic carbocycles. The van der Waals surface area contributed by atoms with Crippen molar-refractivity contribution in [1.29, 1.82) is 0 Å². The highest BCUT2D eigenvalue weighted by Gasteiger charge is 1.96. The summed E-state index contributed by atoms with van der Waals surface area (Å²) >= 11 is 0. The Balaban J connectivity index is 1.50. The van der Waals surface area contributed by atoms with E-state index in [-0.39, 0.29) is 0 Å². The van der Waals surface area contributed by atoms with Gasteiger partial charge in [-0.15, -0.1) is 0 Å². The molecule has 0 unspecified atom stereocenters. The third kappa shape index (κ3) is 9.09. The summed E-state index contributed by atoms with van der Waals surface area (Å²) in [5, 5.41) is 0. The molecule has 2 nitrogen and oxygen atoms in total. The van der Waals surface area contributed by atoms with Crippen molar-refractivity contribution in [2.24, 2.45) is 0 Å². The average Bonchev–Trinajstić information content (AvgIpc) is 2.89. The summed E-state index contributed by atoms with van der Waals surface area (Å²) in [5.74, 6) is 14.7. The Morgan fingerprint density at radius 2 is 0.735 bits per heavy atom. The molecule has 0 aliphatic heterocycles. The Morgan fingerprint density at radius 3 is 1.03 bits per heavy atom. The lowest BCUT2D eigenvalue weighted by Gasteiger charge is -2.05. The highest BCUT2D eigenvalue weighted by atomic mass is 16.5. The molecular weight excluding hydrogens is 416 g/mol. The molecule has 0 spiro atoms. The Bertz CT molecular complexity index is 1010. The fraction of sp³-hybridized carbons (Fsp3) is 0.312. The Kier molecular flexibility index (Phi) is 10.7. The van der Waals surface area contributed by atoms with Gasteiger partial charge in [0, 0.05) is 22.3 Å². The molecule has 0 aliphatic rings. The minimum atomic E-state index is 0.771. The van der Waals surface area contributed by atoms with Crippen molar-refractivity contribution in [3.05, 3.63) is 95.1 Å². The molecule has 0 saturated heterocycles. The van der Waals surface area contributed by atoms with Crippen LogP contribution in [0.1, 0.15) is 74.6 Å². The topological polar surface area (TPSA) is 18.5 Å². The molecule has 0 aromatic heterocycles. The van der Waals surface area contributed by atoms with E-state index in [0.717, 1.165) is 59.8 Å². The molecule has 3 aromatic rings. The molecule has 2 heteroatoms. The molecule has 34 heavy (non-hydrogen) atoms. The molecule has 0 atom stereocenters. The molecule has 3 rings (SSSR count). The van der Waals surface area contributed by atoms with Crippen LogP contribution in [0.5, 0.6) is 11.5 Å². The van der Waals surface area contributed by atoms with Crippen LogP contribution in [-0.2, 0) is 0 Å². The van der Waals surface area contributed by atoms with Crippen molar-refractivity contribution in [1.82, 2.24) is 0 Å². The van der Waals surface area contributed by atoms with E-state index in [9.17, 15) is 0 Å². The lowest BCUT2D eigenvalue weighted by Crippen LogP contribution is -1.96. The van der Waals surface area contributed by atoms with Crippen LogP contribution >= 0.6 is 0 Å². The standard InChI is InChI=1S/C32H34O2/c1-3-5-7-25-33-31-21-17-29(18-22-31)15-13-27-9-11-28(12-10-27)14-16-30-19-23-32(24-20-30)34-26-8-6-4-2/h9-12,17-24H,3-8,25-26H2,1-2H3. The number of rotatable bonds is 10. The van der Waals surface area contributed by atoms with Gasteiger partial charge in [-0.2, -0.15) is 0 Å². The average molecular weight is 451 g/mol. The van der Waals surface area contributed by atoms with Gasteiger partial charge in [-0.25, -0.2) is 0 Å². The summed E-state index contributed by atoms with van der Waals surface area (Å²) < 4.78 is 11.5. The first kappa shape index (κ1) is 25.0. The van der Waals surface area contributed by atoms with Gasteiger partial charge in [0.15, 0.2) is 0 Å². The third-order valence-electron chi connectivity index (χ3n) is 5.33. The van der Waals surface area contributed by atoms with Gasteiger partial charge in [0.25, 0.3) is 0 Å². The number of hydrogen-bond acceptors (Lipinski definition) is 2. The highest BCUT2D eigenvalue weighted by Crippen LogP contribution is 2.14. The lowest BCUT2D eigenvalue weighted by molar-refractivity contribution is 0.306. The maximum atomic E-state index is 5.76. The van der Waals surface area contributed by atoms with E-state index < -0.39 is 0 Å². The summed E-state index contributed by atoms with van der Waals surface area (Å²) in [4.78, 5) is 0. The van der Waals surface area contributed by atoms with Gasteiger partial charge < -0.3 is 9.47 Å². The van der Waals surface area contributed by atoms with Gasteiger partial charge >= 0.3 is 0 Å². The van der Waals surface area contributed by atoms with Crippen LogP contribution in [0, 0.1) is 23.7 Å². The minimum Gasteiger partial charge on any atom is -0.494 e. The van der Waals surface area contributed by atoms with E-state index in [1.807, 2.05) is 72.8 Å². The number of unbranched alkanes of at least 4 members (excludes halogenated alkanes) is 4. The SMILES string of the molecule is CCCCCOc1ccc(C#Cc2ccc(C#Cc3ccc(OCCCCC)cc3)cc2)cc1. The van der Waals surface area contributed by atoms with Crippen molar-refractivity contribution < 1.29 is 9.47 Å². The number of benzene rings is 3. The molecular formula is C32H34O2. The summed E-state index contributed by atoms with van der Waals surface area (Å²) in [7, 11) is 0. The zero-order valence-electron chi connectivity index (χ0n) is 20.4. The zero-order valence-corrected chi connectivity index (χ0v) is 20.4. The van der Waals surface area contributed by atoms with Gasteiger partial charge in [0.1, 0.15) is 11.5 Å². The first-order chi connectivity index (χ1) is 16.8. The quantitative estimate of drug-likeness (QED) is 0.234. The predicted octanol–water partition coefficient (Wildman–Crippen LogP) is 7.62. The van der Waals surface area contributed by atoms with Crippen LogP contribution in [0.25, 0.3) is 0 Å². The second-order valence-corrected chi connectivity index (χ2v) is 8.24. The van der Waals surface area contributed by atoms with Gasteiger partial charge in [0.05, 0.1) is 13.2 Å². The smallest absolute Gasteiger partial charge is 0.119 e. The molecule has 0 fully saturated rings. The maximum Gasteiger partial charge on any atom is 0.119 e. The first-order valence-electron chi connectivity index (χ1n) is 12.4. The molecule has 0 saturated carbocycles. The van der Waals surface area contributed by atoms with Crippen LogP contribution in [0.3, 0.4) is 0 Å². The first-order valence-corrected chi connectivity index (χ1v) is 12.4. The third-order valence-corrected chi connectivity index (χ3v) is 5.33.